The van der Waals surface area contributed by atoms with E-state index >= 15 is 0 Å². The van der Waals surface area contributed by atoms with Crippen LogP contribution in [-0.2, 0) is 16.1 Å². The average molecular weight is 395 g/mol. The SMILES string of the molecule is CC(C)c1nn(CC(=O)NC[C@H]2CCCO2)c(=O)c2c1cnn2-c1ccccc1. The van der Waals surface area contributed by atoms with Crippen molar-refractivity contribution in [3.05, 3.63) is 52.6 Å². The first kappa shape index (κ1) is 19.3. The van der Waals surface area contributed by atoms with E-state index in [1.54, 1.807) is 10.9 Å². The molecule has 0 radical (unpaired) electrons. The number of nitrogens with one attached hydrogen (secondary N) is 1. The molecule has 2 aromatic heterocycles. The number of carbonyl (C=O) groups excluding carboxylic acids is 1. The van der Waals surface area contributed by atoms with E-state index in [0.29, 0.717) is 17.4 Å². The molecule has 0 unspecified atom stereocenters. The minimum absolute atomic E-state index is 0.0526. The number of fused-ring (bicyclic) bond motifs is 1. The van der Waals surface area contributed by atoms with Gasteiger partial charge in [0.05, 0.1) is 23.7 Å². The van der Waals surface area contributed by atoms with Crippen LogP contribution in [0, 0.1) is 0 Å². The standard InChI is InChI=1S/C21H25N5O3/c1-14(2)19-17-12-23-26(15-7-4-3-5-8-15)20(17)21(28)25(24-19)13-18(27)22-11-16-9-6-10-29-16/h3-5,7-8,12,14,16H,6,9-11,13H2,1-2H3,(H,22,27)/t16-/m1/s1. The molecule has 1 atom stereocenters. The molecular formula is C21H25N5O3. The van der Waals surface area contributed by atoms with E-state index < -0.39 is 0 Å². The van der Waals surface area contributed by atoms with E-state index in [9.17, 15) is 9.59 Å². The maximum absolute atomic E-state index is 13.2. The molecule has 8 heteroatoms. The van der Waals surface area contributed by atoms with Crippen LogP contribution < -0.4 is 10.9 Å². The zero-order valence-electron chi connectivity index (χ0n) is 16.7. The molecule has 1 aromatic carbocycles. The van der Waals surface area contributed by atoms with Crippen LogP contribution in [0.5, 0.6) is 0 Å². The molecule has 0 bridgehead atoms. The fourth-order valence-corrected chi connectivity index (χ4v) is 3.62. The highest BCUT2D eigenvalue weighted by atomic mass is 16.5. The Morgan fingerprint density at radius 1 is 1.31 bits per heavy atom. The Hall–Kier alpha value is -3.00. The van der Waals surface area contributed by atoms with Gasteiger partial charge in [-0.25, -0.2) is 9.36 Å². The Kier molecular flexibility index (Phi) is 5.44. The molecule has 1 N–H and O–H groups in total. The number of aromatic nitrogens is 4. The summed E-state index contributed by atoms with van der Waals surface area (Å²) in [5, 5.41) is 12.5. The van der Waals surface area contributed by atoms with Crippen LogP contribution in [0.25, 0.3) is 16.6 Å². The Bertz CT molecular complexity index is 1070. The molecule has 152 valence electrons. The summed E-state index contributed by atoms with van der Waals surface area (Å²) in [6, 6.07) is 9.47. The van der Waals surface area contributed by atoms with Crippen molar-refractivity contribution in [2.75, 3.05) is 13.2 Å². The Balaban J connectivity index is 1.69. The predicted molar refractivity (Wildman–Crippen MR) is 109 cm³/mol. The molecule has 1 amide bonds. The number of rotatable bonds is 6. The van der Waals surface area contributed by atoms with Gasteiger partial charge in [-0.05, 0) is 30.9 Å². The molecule has 0 spiro atoms. The van der Waals surface area contributed by atoms with Gasteiger partial charge >= 0.3 is 0 Å². The molecule has 1 saturated heterocycles. The maximum atomic E-state index is 13.2. The van der Waals surface area contributed by atoms with Gasteiger partial charge in [0.2, 0.25) is 5.91 Å². The monoisotopic (exact) mass is 395 g/mol. The van der Waals surface area contributed by atoms with Crippen LogP contribution in [0.15, 0.2) is 41.3 Å². The third-order valence-corrected chi connectivity index (χ3v) is 5.10. The van der Waals surface area contributed by atoms with E-state index in [-0.39, 0.29) is 30.0 Å². The molecule has 8 nitrogen and oxygen atoms in total. The van der Waals surface area contributed by atoms with Crippen LogP contribution in [-0.4, -0.2) is 44.7 Å². The van der Waals surface area contributed by atoms with Crippen LogP contribution >= 0.6 is 0 Å². The number of hydrogen-bond acceptors (Lipinski definition) is 5. The number of ether oxygens (including phenoxy) is 1. The summed E-state index contributed by atoms with van der Waals surface area (Å²) < 4.78 is 8.39. The van der Waals surface area contributed by atoms with Gasteiger partial charge in [-0.15, -0.1) is 0 Å². The lowest BCUT2D eigenvalue weighted by Crippen LogP contribution is -2.38. The minimum Gasteiger partial charge on any atom is -0.376 e. The third-order valence-electron chi connectivity index (χ3n) is 5.10. The summed E-state index contributed by atoms with van der Waals surface area (Å²) in [4.78, 5) is 25.6. The Labute approximate surface area is 168 Å². The summed E-state index contributed by atoms with van der Waals surface area (Å²) in [5.41, 5.74) is 1.63. The number of nitrogens with zero attached hydrogens (tertiary/aromatic N) is 4. The predicted octanol–water partition coefficient (Wildman–Crippen LogP) is 2.00. The van der Waals surface area contributed by atoms with Gasteiger partial charge in [0.1, 0.15) is 12.1 Å². The zero-order valence-corrected chi connectivity index (χ0v) is 16.7. The molecule has 4 rings (SSSR count). The molecular weight excluding hydrogens is 370 g/mol. The number of carbonyl (C=O) groups is 1. The lowest BCUT2D eigenvalue weighted by molar-refractivity contribution is -0.122. The topological polar surface area (TPSA) is 91.0 Å². The summed E-state index contributed by atoms with van der Waals surface area (Å²) in [6.45, 7) is 5.07. The number of benzene rings is 1. The average Bonchev–Trinajstić information content (AvgIpc) is 3.39. The highest BCUT2D eigenvalue weighted by molar-refractivity contribution is 5.82. The fourth-order valence-electron chi connectivity index (χ4n) is 3.62. The van der Waals surface area contributed by atoms with E-state index in [4.69, 9.17) is 4.74 Å². The second kappa shape index (κ2) is 8.16. The van der Waals surface area contributed by atoms with Crippen molar-refractivity contribution in [3.63, 3.8) is 0 Å². The minimum atomic E-state index is -0.335. The number of hydrogen-bond donors (Lipinski definition) is 1. The molecule has 3 aromatic rings. The van der Waals surface area contributed by atoms with E-state index in [2.05, 4.69) is 15.5 Å². The first-order chi connectivity index (χ1) is 14.0. The van der Waals surface area contributed by atoms with Gasteiger partial charge in [-0.2, -0.15) is 10.2 Å². The maximum Gasteiger partial charge on any atom is 0.293 e. The van der Waals surface area contributed by atoms with Gasteiger partial charge in [0, 0.05) is 18.5 Å². The summed E-state index contributed by atoms with van der Waals surface area (Å²) in [6.07, 6.45) is 3.68. The first-order valence-corrected chi connectivity index (χ1v) is 9.97. The van der Waals surface area contributed by atoms with Crippen LogP contribution in [0.4, 0.5) is 0 Å². The third kappa shape index (κ3) is 3.93. The molecule has 0 saturated carbocycles. The summed E-state index contributed by atoms with van der Waals surface area (Å²) >= 11 is 0. The van der Waals surface area contributed by atoms with Gasteiger partial charge in [-0.3, -0.25) is 9.59 Å². The largest absolute Gasteiger partial charge is 0.376 e. The van der Waals surface area contributed by atoms with Crippen molar-refractivity contribution >= 4 is 16.8 Å². The van der Waals surface area contributed by atoms with Crippen molar-refractivity contribution in [3.8, 4) is 5.69 Å². The molecule has 1 aliphatic heterocycles. The van der Waals surface area contributed by atoms with Crippen molar-refractivity contribution in [2.24, 2.45) is 0 Å². The van der Waals surface area contributed by atoms with Crippen molar-refractivity contribution < 1.29 is 9.53 Å². The lowest BCUT2D eigenvalue weighted by Gasteiger charge is -2.13. The van der Waals surface area contributed by atoms with Gasteiger partial charge < -0.3 is 10.1 Å². The van der Waals surface area contributed by atoms with Gasteiger partial charge in [0.15, 0.2) is 0 Å². The molecule has 1 aliphatic rings. The van der Waals surface area contributed by atoms with Crippen LogP contribution in [0.2, 0.25) is 0 Å². The first-order valence-electron chi connectivity index (χ1n) is 9.97. The van der Waals surface area contributed by atoms with Crippen molar-refractivity contribution in [1.82, 2.24) is 24.9 Å². The van der Waals surface area contributed by atoms with Crippen LogP contribution in [0.1, 0.15) is 38.3 Å². The van der Waals surface area contributed by atoms with Gasteiger partial charge in [-0.1, -0.05) is 32.0 Å². The summed E-state index contributed by atoms with van der Waals surface area (Å²) in [5.74, 6) is -0.178. The Morgan fingerprint density at radius 3 is 2.79 bits per heavy atom. The van der Waals surface area contributed by atoms with E-state index in [1.807, 2.05) is 44.2 Å². The van der Waals surface area contributed by atoms with Gasteiger partial charge in [0.25, 0.3) is 5.56 Å². The molecule has 29 heavy (non-hydrogen) atoms. The molecule has 0 aliphatic carbocycles. The zero-order chi connectivity index (χ0) is 20.4. The molecule has 1 fully saturated rings. The van der Waals surface area contributed by atoms with Crippen molar-refractivity contribution in [2.45, 2.75) is 45.3 Å². The summed E-state index contributed by atoms with van der Waals surface area (Å²) in [7, 11) is 0. The quantitative estimate of drug-likeness (QED) is 0.689. The highest BCUT2D eigenvalue weighted by Crippen LogP contribution is 2.22. The number of amides is 1. The smallest absolute Gasteiger partial charge is 0.293 e. The van der Waals surface area contributed by atoms with E-state index in [0.717, 1.165) is 30.8 Å². The lowest BCUT2D eigenvalue weighted by atomic mass is 10.1. The Morgan fingerprint density at radius 2 is 2.10 bits per heavy atom. The fraction of sp³-hybridized carbons (Fsp3) is 0.429. The van der Waals surface area contributed by atoms with Crippen LogP contribution in [0.3, 0.4) is 0 Å². The van der Waals surface area contributed by atoms with E-state index in [1.165, 1.54) is 4.68 Å². The normalized spacial score (nSPS) is 16.6. The highest BCUT2D eigenvalue weighted by Gasteiger charge is 2.21. The second-order valence-electron chi connectivity index (χ2n) is 7.60. The van der Waals surface area contributed by atoms with Crippen molar-refractivity contribution in [1.29, 1.82) is 0 Å². The second-order valence-corrected chi connectivity index (χ2v) is 7.60. The number of para-hydroxylation sites is 1. The molecule has 3 heterocycles.